The Kier molecular flexibility index (Phi) is 3.80. The van der Waals surface area contributed by atoms with Gasteiger partial charge in [-0.2, -0.15) is 0 Å². The van der Waals surface area contributed by atoms with E-state index in [1.165, 1.54) is 19.3 Å². The third-order valence-corrected chi connectivity index (χ3v) is 3.15. The van der Waals surface area contributed by atoms with Gasteiger partial charge in [0, 0.05) is 12.6 Å². The molecule has 1 saturated carbocycles. The molecule has 0 aliphatic heterocycles. The summed E-state index contributed by atoms with van der Waals surface area (Å²) >= 11 is 0. The molecule has 0 saturated heterocycles. The summed E-state index contributed by atoms with van der Waals surface area (Å²) in [4.78, 5) is 0. The van der Waals surface area contributed by atoms with Gasteiger partial charge in [0.2, 0.25) is 0 Å². The molecule has 0 aromatic carbocycles. The van der Waals surface area contributed by atoms with E-state index in [9.17, 15) is 0 Å². The summed E-state index contributed by atoms with van der Waals surface area (Å²) in [5.74, 6) is 1.81. The lowest BCUT2D eigenvalue weighted by atomic mass is 9.79. The molecule has 12 heavy (non-hydrogen) atoms. The normalized spacial score (nSPS) is 36.3. The minimum Gasteiger partial charge on any atom is -0.311 e. The quantitative estimate of drug-likeness (QED) is 0.637. The van der Waals surface area contributed by atoms with Crippen LogP contribution in [0.2, 0.25) is 0 Å². The average Bonchev–Trinajstić information content (AvgIpc) is 2.07. The minimum atomic E-state index is 0.745. The standard InChI is InChI=1S/C11H21N/c1-4-7-12-11-6-5-9(2)10(3)8-11/h4,9-12H,1,5-8H2,2-3H3. The highest BCUT2D eigenvalue weighted by Gasteiger charge is 2.23. The molecule has 70 valence electrons. The SMILES string of the molecule is C=CCNC1CCC(C)C(C)C1. The molecule has 1 heteroatoms. The molecule has 0 bridgehead atoms. The van der Waals surface area contributed by atoms with Crippen molar-refractivity contribution in [2.24, 2.45) is 11.8 Å². The first-order valence-electron chi connectivity index (χ1n) is 5.08. The molecular formula is C11H21N. The molecule has 1 fully saturated rings. The number of hydrogen-bond donors (Lipinski definition) is 1. The van der Waals surface area contributed by atoms with Gasteiger partial charge < -0.3 is 5.32 Å². The largest absolute Gasteiger partial charge is 0.311 e. The van der Waals surface area contributed by atoms with Crippen molar-refractivity contribution in [2.75, 3.05) is 6.54 Å². The van der Waals surface area contributed by atoms with Crippen molar-refractivity contribution in [3.05, 3.63) is 12.7 Å². The van der Waals surface area contributed by atoms with Crippen molar-refractivity contribution in [1.29, 1.82) is 0 Å². The molecule has 1 N–H and O–H groups in total. The van der Waals surface area contributed by atoms with Gasteiger partial charge in [-0.1, -0.05) is 19.9 Å². The van der Waals surface area contributed by atoms with Gasteiger partial charge >= 0.3 is 0 Å². The maximum Gasteiger partial charge on any atom is 0.0134 e. The molecule has 0 aromatic heterocycles. The molecule has 3 atom stereocenters. The van der Waals surface area contributed by atoms with Crippen LogP contribution in [0, 0.1) is 11.8 Å². The molecule has 0 aromatic rings. The van der Waals surface area contributed by atoms with Gasteiger partial charge in [-0.3, -0.25) is 0 Å². The second-order valence-electron chi connectivity index (χ2n) is 4.16. The summed E-state index contributed by atoms with van der Waals surface area (Å²) in [7, 11) is 0. The van der Waals surface area contributed by atoms with Crippen LogP contribution in [-0.4, -0.2) is 12.6 Å². The zero-order valence-corrected chi connectivity index (χ0v) is 8.34. The highest BCUT2D eigenvalue weighted by molar-refractivity contribution is 4.82. The van der Waals surface area contributed by atoms with E-state index >= 15 is 0 Å². The summed E-state index contributed by atoms with van der Waals surface area (Å²) in [6.45, 7) is 9.42. The Morgan fingerprint density at radius 1 is 1.33 bits per heavy atom. The van der Waals surface area contributed by atoms with E-state index in [1.807, 2.05) is 6.08 Å². The summed E-state index contributed by atoms with van der Waals surface area (Å²) in [6.07, 6.45) is 6.02. The molecule has 1 aliphatic carbocycles. The van der Waals surface area contributed by atoms with E-state index < -0.39 is 0 Å². The Bertz CT molecular complexity index is 142. The Hall–Kier alpha value is -0.300. The first-order chi connectivity index (χ1) is 5.74. The molecule has 0 amide bonds. The smallest absolute Gasteiger partial charge is 0.0134 e. The fraction of sp³-hybridized carbons (Fsp3) is 0.818. The maximum atomic E-state index is 3.72. The van der Waals surface area contributed by atoms with Crippen LogP contribution in [0.1, 0.15) is 33.1 Å². The van der Waals surface area contributed by atoms with Crippen LogP contribution in [0.5, 0.6) is 0 Å². The third kappa shape index (κ3) is 2.63. The van der Waals surface area contributed by atoms with Crippen LogP contribution in [0.4, 0.5) is 0 Å². The predicted octanol–water partition coefficient (Wildman–Crippen LogP) is 2.59. The van der Waals surface area contributed by atoms with Crippen molar-refractivity contribution < 1.29 is 0 Å². The highest BCUT2D eigenvalue weighted by Crippen LogP contribution is 2.29. The zero-order valence-electron chi connectivity index (χ0n) is 8.34. The van der Waals surface area contributed by atoms with Crippen LogP contribution in [0.3, 0.4) is 0 Å². The van der Waals surface area contributed by atoms with Gasteiger partial charge in [-0.15, -0.1) is 6.58 Å². The Morgan fingerprint density at radius 3 is 2.67 bits per heavy atom. The van der Waals surface area contributed by atoms with E-state index in [2.05, 4.69) is 25.7 Å². The first kappa shape index (κ1) is 9.79. The van der Waals surface area contributed by atoms with Gasteiger partial charge in [-0.05, 0) is 31.1 Å². The van der Waals surface area contributed by atoms with E-state index in [0.717, 1.165) is 24.4 Å². The summed E-state index contributed by atoms with van der Waals surface area (Å²) < 4.78 is 0. The second-order valence-corrected chi connectivity index (χ2v) is 4.16. The lowest BCUT2D eigenvalue weighted by molar-refractivity contribution is 0.230. The molecule has 1 nitrogen and oxygen atoms in total. The van der Waals surface area contributed by atoms with Crippen LogP contribution < -0.4 is 5.32 Å². The van der Waals surface area contributed by atoms with E-state index in [-0.39, 0.29) is 0 Å². The van der Waals surface area contributed by atoms with Crippen LogP contribution >= 0.6 is 0 Å². The fourth-order valence-electron chi connectivity index (χ4n) is 1.98. The lowest BCUT2D eigenvalue weighted by Gasteiger charge is -2.32. The predicted molar refractivity (Wildman–Crippen MR) is 54.2 cm³/mol. The van der Waals surface area contributed by atoms with Crippen molar-refractivity contribution in [3.8, 4) is 0 Å². The Labute approximate surface area is 76.2 Å². The molecule has 0 spiro atoms. The van der Waals surface area contributed by atoms with Gasteiger partial charge in [0.15, 0.2) is 0 Å². The van der Waals surface area contributed by atoms with Crippen LogP contribution in [0.15, 0.2) is 12.7 Å². The van der Waals surface area contributed by atoms with E-state index in [1.54, 1.807) is 0 Å². The summed E-state index contributed by atoms with van der Waals surface area (Å²) in [5.41, 5.74) is 0. The average molecular weight is 167 g/mol. The third-order valence-electron chi connectivity index (χ3n) is 3.15. The molecule has 0 radical (unpaired) electrons. The Balaban J connectivity index is 2.25. The zero-order chi connectivity index (χ0) is 8.97. The maximum absolute atomic E-state index is 3.72. The minimum absolute atomic E-state index is 0.745. The lowest BCUT2D eigenvalue weighted by Crippen LogP contribution is -2.36. The highest BCUT2D eigenvalue weighted by atomic mass is 14.9. The number of hydrogen-bond acceptors (Lipinski definition) is 1. The van der Waals surface area contributed by atoms with Gasteiger partial charge in [0.05, 0.1) is 0 Å². The van der Waals surface area contributed by atoms with Crippen molar-refractivity contribution in [2.45, 2.75) is 39.2 Å². The van der Waals surface area contributed by atoms with Gasteiger partial charge in [-0.25, -0.2) is 0 Å². The van der Waals surface area contributed by atoms with Crippen LogP contribution in [-0.2, 0) is 0 Å². The molecule has 1 rings (SSSR count). The van der Waals surface area contributed by atoms with E-state index in [0.29, 0.717) is 0 Å². The fourth-order valence-corrected chi connectivity index (χ4v) is 1.98. The molecule has 3 unspecified atom stereocenters. The molecular weight excluding hydrogens is 146 g/mol. The van der Waals surface area contributed by atoms with Crippen molar-refractivity contribution in [1.82, 2.24) is 5.32 Å². The van der Waals surface area contributed by atoms with Gasteiger partial charge in [0.25, 0.3) is 0 Å². The Morgan fingerprint density at radius 2 is 2.08 bits per heavy atom. The summed E-state index contributed by atoms with van der Waals surface area (Å²) in [6, 6.07) is 0.745. The first-order valence-corrected chi connectivity index (χ1v) is 5.08. The topological polar surface area (TPSA) is 12.0 Å². The monoisotopic (exact) mass is 167 g/mol. The number of rotatable bonds is 3. The van der Waals surface area contributed by atoms with Crippen molar-refractivity contribution in [3.63, 3.8) is 0 Å². The summed E-state index contributed by atoms with van der Waals surface area (Å²) in [5, 5.41) is 3.50. The second kappa shape index (κ2) is 4.66. The molecule has 0 heterocycles. The molecule has 1 aliphatic rings. The van der Waals surface area contributed by atoms with Crippen LogP contribution in [0.25, 0.3) is 0 Å². The number of nitrogens with one attached hydrogen (secondary N) is 1. The van der Waals surface area contributed by atoms with E-state index in [4.69, 9.17) is 0 Å². The van der Waals surface area contributed by atoms with Gasteiger partial charge in [0.1, 0.15) is 0 Å². The van der Waals surface area contributed by atoms with Crippen molar-refractivity contribution >= 4 is 0 Å².